The van der Waals surface area contributed by atoms with Crippen LogP contribution < -0.4 is 5.32 Å². The molecule has 0 aromatic carbocycles. The van der Waals surface area contributed by atoms with Crippen LogP contribution in [0.1, 0.15) is 52.4 Å². The summed E-state index contributed by atoms with van der Waals surface area (Å²) in [4.78, 5) is 11.3. The Morgan fingerprint density at radius 3 is 2.39 bits per heavy atom. The van der Waals surface area contributed by atoms with Crippen molar-refractivity contribution in [2.45, 2.75) is 83.0 Å². The molecule has 0 unspecified atom stereocenters. The Labute approximate surface area is 138 Å². The van der Waals surface area contributed by atoms with Crippen LogP contribution in [0.15, 0.2) is 0 Å². The molecule has 0 aromatic rings. The number of carbonyl (C=O) groups is 1. The molecular formula is C16H31NO6. The Hall–Kier alpha value is -0.730. The van der Waals surface area contributed by atoms with Gasteiger partial charge in [-0.05, 0) is 6.42 Å². The third-order valence-corrected chi connectivity index (χ3v) is 4.03. The summed E-state index contributed by atoms with van der Waals surface area (Å²) in [6.07, 6.45) is 2.37. The number of aliphatic hydroxyl groups is 3. The summed E-state index contributed by atoms with van der Waals surface area (Å²) in [5.41, 5.74) is 0. The van der Waals surface area contributed by atoms with Crippen LogP contribution in [0.4, 0.5) is 0 Å². The SMILES string of the molecule is CCCCCCCCO[C@@H]1O[C@@H](CO)[C@@H](O)[C@@H](O)[C@H]1NC(C)=O. The van der Waals surface area contributed by atoms with Crippen molar-refractivity contribution in [2.75, 3.05) is 13.2 Å². The predicted octanol–water partition coefficient (Wildman–Crippen LogP) is 0.307. The maximum atomic E-state index is 11.3. The molecule has 1 fully saturated rings. The van der Waals surface area contributed by atoms with E-state index in [0.717, 1.165) is 19.3 Å². The summed E-state index contributed by atoms with van der Waals surface area (Å²) in [7, 11) is 0. The molecule has 0 saturated carbocycles. The van der Waals surface area contributed by atoms with Crippen molar-refractivity contribution < 1.29 is 29.6 Å². The van der Waals surface area contributed by atoms with Crippen LogP contribution in [0.3, 0.4) is 0 Å². The number of unbranched alkanes of at least 4 members (excludes halogenated alkanes) is 5. The van der Waals surface area contributed by atoms with Gasteiger partial charge in [-0.2, -0.15) is 0 Å². The van der Waals surface area contributed by atoms with Gasteiger partial charge in [0.25, 0.3) is 0 Å². The first-order valence-corrected chi connectivity index (χ1v) is 8.52. The molecule has 136 valence electrons. The summed E-state index contributed by atoms with van der Waals surface area (Å²) in [5.74, 6) is -0.347. The number of hydrogen-bond acceptors (Lipinski definition) is 6. The smallest absolute Gasteiger partial charge is 0.217 e. The van der Waals surface area contributed by atoms with Crippen LogP contribution in [0.5, 0.6) is 0 Å². The van der Waals surface area contributed by atoms with Crippen LogP contribution in [0.2, 0.25) is 0 Å². The highest BCUT2D eigenvalue weighted by Gasteiger charge is 2.45. The zero-order valence-corrected chi connectivity index (χ0v) is 14.1. The summed E-state index contributed by atoms with van der Waals surface area (Å²) in [5, 5.41) is 31.8. The number of hydrogen-bond donors (Lipinski definition) is 4. The van der Waals surface area contributed by atoms with E-state index in [2.05, 4.69) is 12.2 Å². The van der Waals surface area contributed by atoms with Gasteiger partial charge in [0.1, 0.15) is 24.4 Å². The lowest BCUT2D eigenvalue weighted by atomic mass is 9.97. The second-order valence-electron chi connectivity index (χ2n) is 6.07. The van der Waals surface area contributed by atoms with Crippen molar-refractivity contribution in [3.05, 3.63) is 0 Å². The summed E-state index contributed by atoms with van der Waals surface area (Å²) >= 11 is 0. The zero-order valence-electron chi connectivity index (χ0n) is 14.1. The van der Waals surface area contributed by atoms with Crippen molar-refractivity contribution in [3.8, 4) is 0 Å². The van der Waals surface area contributed by atoms with Gasteiger partial charge in [-0.25, -0.2) is 0 Å². The number of carbonyl (C=O) groups excluding carboxylic acids is 1. The third-order valence-electron chi connectivity index (χ3n) is 4.03. The number of ether oxygens (including phenoxy) is 2. The number of amides is 1. The van der Waals surface area contributed by atoms with E-state index in [1.54, 1.807) is 0 Å². The van der Waals surface area contributed by atoms with Crippen molar-refractivity contribution in [3.63, 3.8) is 0 Å². The topological polar surface area (TPSA) is 108 Å². The van der Waals surface area contributed by atoms with Crippen LogP contribution >= 0.6 is 0 Å². The van der Waals surface area contributed by atoms with E-state index >= 15 is 0 Å². The minimum atomic E-state index is -1.27. The van der Waals surface area contributed by atoms with Crippen molar-refractivity contribution >= 4 is 5.91 Å². The van der Waals surface area contributed by atoms with E-state index in [1.165, 1.54) is 26.2 Å². The van der Waals surface area contributed by atoms with Gasteiger partial charge in [0.2, 0.25) is 5.91 Å². The fourth-order valence-corrected chi connectivity index (χ4v) is 2.69. The molecule has 1 aliphatic rings. The quantitative estimate of drug-likeness (QED) is 0.429. The molecule has 5 atom stereocenters. The number of nitrogens with one attached hydrogen (secondary N) is 1. The monoisotopic (exact) mass is 333 g/mol. The van der Waals surface area contributed by atoms with Crippen molar-refractivity contribution in [2.24, 2.45) is 0 Å². The van der Waals surface area contributed by atoms with Gasteiger partial charge >= 0.3 is 0 Å². The average Bonchev–Trinajstić information content (AvgIpc) is 2.52. The summed E-state index contributed by atoms with van der Waals surface area (Å²) in [6, 6.07) is -0.856. The first-order valence-electron chi connectivity index (χ1n) is 8.52. The summed E-state index contributed by atoms with van der Waals surface area (Å²) < 4.78 is 11.1. The zero-order chi connectivity index (χ0) is 17.2. The normalized spacial score (nSPS) is 31.1. The highest BCUT2D eigenvalue weighted by atomic mass is 16.7. The van der Waals surface area contributed by atoms with E-state index in [0.29, 0.717) is 6.61 Å². The van der Waals surface area contributed by atoms with Crippen LogP contribution in [-0.2, 0) is 14.3 Å². The average molecular weight is 333 g/mol. The standard InChI is InChI=1S/C16H31NO6/c1-3-4-5-6-7-8-9-22-16-13(17-11(2)19)15(21)14(20)12(10-18)23-16/h12-16,18,20-21H,3-10H2,1-2H3,(H,17,19)/t12-,13+,14+,15-,16+/m0/s1. The molecule has 0 aromatic heterocycles. The number of rotatable bonds is 10. The lowest BCUT2D eigenvalue weighted by molar-refractivity contribution is -0.270. The molecule has 0 spiro atoms. The summed E-state index contributed by atoms with van der Waals surface area (Å²) in [6.45, 7) is 3.50. The Morgan fingerprint density at radius 2 is 1.78 bits per heavy atom. The minimum absolute atomic E-state index is 0.347. The maximum Gasteiger partial charge on any atom is 0.217 e. The molecule has 0 radical (unpaired) electrons. The lowest BCUT2D eigenvalue weighted by Gasteiger charge is -2.42. The van der Waals surface area contributed by atoms with Crippen molar-refractivity contribution in [1.82, 2.24) is 5.32 Å². The van der Waals surface area contributed by atoms with E-state index < -0.39 is 37.3 Å². The van der Waals surface area contributed by atoms with E-state index in [1.807, 2.05) is 0 Å². The van der Waals surface area contributed by atoms with E-state index in [-0.39, 0.29) is 5.91 Å². The first-order chi connectivity index (χ1) is 11.0. The molecule has 1 saturated heterocycles. The molecule has 1 amide bonds. The third kappa shape index (κ3) is 6.73. The molecule has 7 heteroatoms. The lowest BCUT2D eigenvalue weighted by Crippen LogP contribution is -2.64. The molecule has 1 aliphatic heterocycles. The van der Waals surface area contributed by atoms with Gasteiger partial charge in [-0.3, -0.25) is 4.79 Å². The Morgan fingerprint density at radius 1 is 1.13 bits per heavy atom. The van der Waals surface area contributed by atoms with Gasteiger partial charge in [-0.1, -0.05) is 39.0 Å². The Bertz CT molecular complexity index is 341. The van der Waals surface area contributed by atoms with Crippen LogP contribution in [0.25, 0.3) is 0 Å². The largest absolute Gasteiger partial charge is 0.394 e. The molecule has 1 rings (SSSR count). The second kappa shape index (κ2) is 10.9. The molecule has 0 bridgehead atoms. The molecule has 4 N–H and O–H groups in total. The van der Waals surface area contributed by atoms with Gasteiger partial charge < -0.3 is 30.1 Å². The molecule has 1 heterocycles. The fourth-order valence-electron chi connectivity index (χ4n) is 2.69. The van der Waals surface area contributed by atoms with Gasteiger partial charge in [0, 0.05) is 13.5 Å². The Balaban J connectivity index is 2.45. The van der Waals surface area contributed by atoms with Gasteiger partial charge in [0.15, 0.2) is 6.29 Å². The van der Waals surface area contributed by atoms with E-state index in [4.69, 9.17) is 9.47 Å². The molecule has 0 aliphatic carbocycles. The molecule has 23 heavy (non-hydrogen) atoms. The van der Waals surface area contributed by atoms with Crippen LogP contribution in [-0.4, -0.2) is 65.1 Å². The maximum absolute atomic E-state index is 11.3. The van der Waals surface area contributed by atoms with Gasteiger partial charge in [0.05, 0.1) is 6.61 Å². The highest BCUT2D eigenvalue weighted by Crippen LogP contribution is 2.22. The first kappa shape index (κ1) is 20.3. The van der Waals surface area contributed by atoms with E-state index in [9.17, 15) is 20.1 Å². The molecule has 7 nitrogen and oxygen atoms in total. The van der Waals surface area contributed by atoms with Gasteiger partial charge in [-0.15, -0.1) is 0 Å². The Kier molecular flexibility index (Phi) is 9.66. The second-order valence-corrected chi connectivity index (χ2v) is 6.07. The molecular weight excluding hydrogens is 302 g/mol. The van der Waals surface area contributed by atoms with Crippen molar-refractivity contribution in [1.29, 1.82) is 0 Å². The number of aliphatic hydroxyl groups excluding tert-OH is 3. The van der Waals surface area contributed by atoms with Crippen LogP contribution in [0, 0.1) is 0 Å². The minimum Gasteiger partial charge on any atom is -0.394 e. The fraction of sp³-hybridized carbons (Fsp3) is 0.938. The highest BCUT2D eigenvalue weighted by molar-refractivity contribution is 5.73. The predicted molar refractivity (Wildman–Crippen MR) is 84.7 cm³/mol.